The zero-order valence-electron chi connectivity index (χ0n) is 20.7. The lowest BCUT2D eigenvalue weighted by Crippen LogP contribution is -2.31. The van der Waals surface area contributed by atoms with E-state index in [0.29, 0.717) is 12.1 Å². The van der Waals surface area contributed by atoms with Gasteiger partial charge >= 0.3 is 6.09 Å². The van der Waals surface area contributed by atoms with Crippen LogP contribution in [0, 0.1) is 0 Å². The number of thioether (sulfide) groups is 1. The van der Waals surface area contributed by atoms with Crippen LogP contribution in [0.15, 0.2) is 90.3 Å². The van der Waals surface area contributed by atoms with E-state index in [1.807, 2.05) is 60.7 Å². The second-order valence-electron chi connectivity index (χ2n) is 8.45. The van der Waals surface area contributed by atoms with Crippen molar-refractivity contribution in [3.63, 3.8) is 0 Å². The highest BCUT2D eigenvalue weighted by molar-refractivity contribution is 7.99. The van der Waals surface area contributed by atoms with Gasteiger partial charge in [0.25, 0.3) is 0 Å². The Morgan fingerprint density at radius 3 is 2.51 bits per heavy atom. The number of ether oxygens (including phenoxy) is 4. The third kappa shape index (κ3) is 7.36. The molecule has 3 aromatic rings. The molecule has 1 saturated heterocycles. The van der Waals surface area contributed by atoms with Gasteiger partial charge in [0, 0.05) is 28.3 Å². The maximum absolute atomic E-state index is 11.8. The molecule has 3 aromatic carbocycles. The number of rotatable bonds is 10. The lowest BCUT2D eigenvalue weighted by Gasteiger charge is -2.36. The zero-order valence-corrected chi connectivity index (χ0v) is 21.5. The Morgan fingerprint density at radius 1 is 1.08 bits per heavy atom. The first-order valence-electron chi connectivity index (χ1n) is 12.0. The molecule has 4 rings (SSSR count). The van der Waals surface area contributed by atoms with Crippen LogP contribution < -0.4 is 10.1 Å². The van der Waals surface area contributed by atoms with Crippen LogP contribution >= 0.6 is 11.8 Å². The highest BCUT2D eigenvalue weighted by Crippen LogP contribution is 2.40. The van der Waals surface area contributed by atoms with Crippen molar-refractivity contribution in [2.24, 2.45) is 0 Å². The number of nitrogens with one attached hydrogen (secondary N) is 1. The molecule has 8 heteroatoms. The maximum Gasteiger partial charge on any atom is 0.411 e. The second kappa shape index (κ2) is 13.3. The van der Waals surface area contributed by atoms with E-state index in [9.17, 15) is 9.90 Å². The highest BCUT2D eigenvalue weighted by Gasteiger charge is 2.32. The number of anilines is 1. The fourth-order valence-electron chi connectivity index (χ4n) is 3.96. The third-order valence-electron chi connectivity index (χ3n) is 5.87. The van der Waals surface area contributed by atoms with Crippen molar-refractivity contribution < 1.29 is 28.8 Å². The molecule has 37 heavy (non-hydrogen) atoms. The predicted octanol–water partition coefficient (Wildman–Crippen LogP) is 6.26. The van der Waals surface area contributed by atoms with E-state index in [4.69, 9.17) is 18.9 Å². The van der Waals surface area contributed by atoms with E-state index in [2.05, 4.69) is 11.9 Å². The standard InChI is InChI=1S/C29H31NO6S/c1-3-16-34-29(32)30-23-14-12-22(13-15-23)28-35-24(19-37-27-7-5-4-6-25(27)33-2)17-26(36-28)21-10-8-20(18-31)9-11-21/h3-15,24,26,28,31H,1,16-19H2,2H3,(H,30,32)/t24-,26+,28+/m0/s1. The van der Waals surface area contributed by atoms with Gasteiger partial charge < -0.3 is 24.1 Å². The van der Waals surface area contributed by atoms with E-state index < -0.39 is 12.4 Å². The van der Waals surface area contributed by atoms with Crippen molar-refractivity contribution in [2.45, 2.75) is 36.4 Å². The number of amides is 1. The first-order chi connectivity index (χ1) is 18.1. The molecule has 1 fully saturated rings. The molecule has 0 bridgehead atoms. The molecule has 2 N–H and O–H groups in total. The summed E-state index contributed by atoms with van der Waals surface area (Å²) >= 11 is 1.69. The Balaban J connectivity index is 1.49. The van der Waals surface area contributed by atoms with Gasteiger partial charge in [-0.1, -0.05) is 61.2 Å². The van der Waals surface area contributed by atoms with Crippen LogP contribution in [-0.4, -0.2) is 36.8 Å². The molecule has 1 amide bonds. The molecule has 0 aliphatic carbocycles. The molecule has 1 aliphatic rings. The van der Waals surface area contributed by atoms with Crippen molar-refractivity contribution in [3.05, 3.63) is 102 Å². The first-order valence-corrected chi connectivity index (χ1v) is 13.0. The number of carbonyl (C=O) groups excluding carboxylic acids is 1. The molecule has 0 spiro atoms. The number of para-hydroxylation sites is 1. The molecule has 0 radical (unpaired) electrons. The van der Waals surface area contributed by atoms with Gasteiger partial charge in [-0.15, -0.1) is 11.8 Å². The minimum absolute atomic E-state index is 0.00275. The Kier molecular flexibility index (Phi) is 9.62. The van der Waals surface area contributed by atoms with Crippen LogP contribution in [-0.2, 0) is 20.8 Å². The summed E-state index contributed by atoms with van der Waals surface area (Å²) in [5.41, 5.74) is 3.33. The molecule has 1 aliphatic heterocycles. The van der Waals surface area contributed by atoms with Crippen LogP contribution in [0.5, 0.6) is 5.75 Å². The Morgan fingerprint density at radius 2 is 1.81 bits per heavy atom. The SMILES string of the molecule is C=CCOC(=O)Nc1ccc([C@@H]2O[C@H](CSc3ccccc3OC)C[C@H](c3ccc(CO)cc3)O2)cc1. The molecule has 3 atom stereocenters. The molecule has 0 aromatic heterocycles. The van der Waals surface area contributed by atoms with Gasteiger partial charge in [0.05, 0.1) is 25.9 Å². The average molecular weight is 522 g/mol. The number of aliphatic hydroxyl groups is 1. The quantitative estimate of drug-likeness (QED) is 0.241. The van der Waals surface area contributed by atoms with Crippen molar-refractivity contribution >= 4 is 23.5 Å². The van der Waals surface area contributed by atoms with Crippen molar-refractivity contribution in [1.29, 1.82) is 0 Å². The number of hydrogen-bond donors (Lipinski definition) is 2. The molecule has 194 valence electrons. The summed E-state index contributed by atoms with van der Waals surface area (Å²) < 4.78 is 23.3. The lowest BCUT2D eigenvalue weighted by molar-refractivity contribution is -0.245. The predicted molar refractivity (Wildman–Crippen MR) is 144 cm³/mol. The van der Waals surface area contributed by atoms with Crippen LogP contribution in [0.4, 0.5) is 10.5 Å². The van der Waals surface area contributed by atoms with E-state index in [-0.39, 0.29) is 25.4 Å². The fourth-order valence-corrected chi connectivity index (χ4v) is 5.00. The normalized spacial score (nSPS) is 19.1. The summed E-state index contributed by atoms with van der Waals surface area (Å²) in [7, 11) is 1.67. The summed E-state index contributed by atoms with van der Waals surface area (Å²) in [5, 5.41) is 12.1. The lowest BCUT2D eigenvalue weighted by atomic mass is 10.0. The maximum atomic E-state index is 11.8. The summed E-state index contributed by atoms with van der Waals surface area (Å²) in [5.74, 6) is 1.56. The average Bonchev–Trinajstić information content (AvgIpc) is 2.95. The number of benzene rings is 3. The van der Waals surface area contributed by atoms with Gasteiger partial charge in [-0.05, 0) is 35.4 Å². The van der Waals surface area contributed by atoms with Gasteiger partial charge in [0.15, 0.2) is 6.29 Å². The summed E-state index contributed by atoms with van der Waals surface area (Å²) in [4.78, 5) is 12.9. The minimum atomic E-state index is -0.582. The van der Waals surface area contributed by atoms with Crippen LogP contribution in [0.25, 0.3) is 0 Å². The summed E-state index contributed by atoms with van der Waals surface area (Å²) in [6.07, 6.45) is 0.811. The van der Waals surface area contributed by atoms with E-state index in [1.165, 1.54) is 6.08 Å². The minimum Gasteiger partial charge on any atom is -0.496 e. The van der Waals surface area contributed by atoms with Crippen LogP contribution in [0.1, 0.15) is 35.5 Å². The highest BCUT2D eigenvalue weighted by atomic mass is 32.2. The molecule has 7 nitrogen and oxygen atoms in total. The monoisotopic (exact) mass is 521 g/mol. The second-order valence-corrected chi connectivity index (χ2v) is 9.51. The van der Waals surface area contributed by atoms with E-state index in [0.717, 1.165) is 33.1 Å². The van der Waals surface area contributed by atoms with Gasteiger partial charge in [-0.25, -0.2) is 4.79 Å². The fraction of sp³-hybridized carbons (Fsp3) is 0.276. The molecule has 1 heterocycles. The van der Waals surface area contributed by atoms with Gasteiger partial charge in [-0.2, -0.15) is 0 Å². The number of carbonyl (C=O) groups is 1. The Bertz CT molecular complexity index is 1170. The van der Waals surface area contributed by atoms with Crippen molar-refractivity contribution in [3.8, 4) is 5.75 Å². The van der Waals surface area contributed by atoms with Gasteiger partial charge in [-0.3, -0.25) is 5.32 Å². The number of hydrogen-bond acceptors (Lipinski definition) is 7. The molecular weight excluding hydrogens is 490 g/mol. The summed E-state index contributed by atoms with van der Waals surface area (Å²) in [6, 6.07) is 23.1. The molecular formula is C29H31NO6S. The van der Waals surface area contributed by atoms with Crippen molar-refractivity contribution in [2.75, 3.05) is 24.8 Å². The topological polar surface area (TPSA) is 86.3 Å². The van der Waals surface area contributed by atoms with Crippen LogP contribution in [0.3, 0.4) is 0 Å². The third-order valence-corrected chi connectivity index (χ3v) is 7.06. The smallest absolute Gasteiger partial charge is 0.411 e. The van der Waals surface area contributed by atoms with Crippen molar-refractivity contribution in [1.82, 2.24) is 0 Å². The zero-order chi connectivity index (χ0) is 26.0. The largest absolute Gasteiger partial charge is 0.496 e. The van der Waals surface area contributed by atoms with E-state index >= 15 is 0 Å². The molecule has 0 unspecified atom stereocenters. The Hall–Kier alpha value is -3.30. The van der Waals surface area contributed by atoms with Crippen LogP contribution in [0.2, 0.25) is 0 Å². The number of methoxy groups -OCH3 is 1. The van der Waals surface area contributed by atoms with E-state index in [1.54, 1.807) is 31.0 Å². The van der Waals surface area contributed by atoms with Gasteiger partial charge in [0.2, 0.25) is 0 Å². The number of aliphatic hydroxyl groups excluding tert-OH is 1. The first kappa shape index (κ1) is 26.8. The van der Waals surface area contributed by atoms with Gasteiger partial charge in [0.1, 0.15) is 12.4 Å². The summed E-state index contributed by atoms with van der Waals surface area (Å²) in [6.45, 7) is 3.67. The molecule has 0 saturated carbocycles. The Labute approximate surface area is 221 Å².